The molecule has 1 heterocycles. The smallest absolute Gasteiger partial charge is 0.271 e. The van der Waals surface area contributed by atoms with Crippen LogP contribution in [0.5, 0.6) is 17.2 Å². The van der Waals surface area contributed by atoms with Crippen molar-refractivity contribution in [2.24, 2.45) is 34.7 Å². The highest BCUT2D eigenvalue weighted by molar-refractivity contribution is 5.99. The van der Waals surface area contributed by atoms with E-state index in [1.54, 1.807) is 28.5 Å². The Kier molecular flexibility index (Phi) is 14.4. The second-order valence-corrected chi connectivity index (χ2v) is 16.9. The summed E-state index contributed by atoms with van der Waals surface area (Å²) in [6, 6.07) is 11.1. The fourth-order valence-electron chi connectivity index (χ4n) is 10.1. The van der Waals surface area contributed by atoms with Gasteiger partial charge in [-0.15, -0.1) is 5.10 Å². The van der Waals surface area contributed by atoms with Gasteiger partial charge < -0.3 is 24.4 Å². The molecule has 4 aliphatic carbocycles. The van der Waals surface area contributed by atoms with Crippen molar-refractivity contribution in [1.29, 1.82) is 0 Å². The van der Waals surface area contributed by atoms with E-state index in [2.05, 4.69) is 46.3 Å². The highest BCUT2D eigenvalue weighted by Crippen LogP contribution is 2.56. The number of nitrogens with zero attached hydrogens (tertiary/aromatic N) is 5. The topological polar surface area (TPSA) is 140 Å². The minimum atomic E-state index is -0.232. The summed E-state index contributed by atoms with van der Waals surface area (Å²) in [5.74, 6) is 4.56. The predicted molar refractivity (Wildman–Crippen MR) is 227 cm³/mol. The zero-order chi connectivity index (χ0) is 41.2. The summed E-state index contributed by atoms with van der Waals surface area (Å²) in [5.41, 5.74) is 8.71. The second kappa shape index (κ2) is 19.7. The number of phenols is 1. The maximum absolute atomic E-state index is 13.1. The van der Waals surface area contributed by atoms with Crippen LogP contribution in [0.3, 0.4) is 0 Å². The van der Waals surface area contributed by atoms with Gasteiger partial charge in [0.25, 0.3) is 5.91 Å². The molecule has 58 heavy (non-hydrogen) atoms. The van der Waals surface area contributed by atoms with Crippen molar-refractivity contribution in [3.63, 3.8) is 0 Å². The number of methoxy groups -OCH3 is 2. The number of amides is 2. The van der Waals surface area contributed by atoms with Gasteiger partial charge in [0.15, 0.2) is 11.5 Å². The third-order valence-corrected chi connectivity index (χ3v) is 12.6. The first-order valence-corrected chi connectivity index (χ1v) is 21.4. The lowest BCUT2D eigenvalue weighted by molar-refractivity contribution is -0.917. The molecule has 5 unspecified atom stereocenters. The van der Waals surface area contributed by atoms with Crippen molar-refractivity contribution in [2.45, 2.75) is 97.7 Å². The molecule has 2 amide bonds. The number of carbonyl (C=O) groups excluding carboxylic acids is 2. The molecule has 3 N–H and O–H groups in total. The Morgan fingerprint density at radius 1 is 0.948 bits per heavy atom. The molecule has 0 bridgehead atoms. The number of allylic oxidation sites excluding steroid dienone is 2. The number of ether oxygens (including phenoxy) is 2. The van der Waals surface area contributed by atoms with Crippen molar-refractivity contribution in [1.82, 2.24) is 25.7 Å². The van der Waals surface area contributed by atoms with Crippen LogP contribution in [-0.4, -0.2) is 77.0 Å². The molecule has 312 valence electrons. The van der Waals surface area contributed by atoms with E-state index in [0.29, 0.717) is 41.7 Å². The minimum absolute atomic E-state index is 0.0874. The van der Waals surface area contributed by atoms with E-state index in [9.17, 15) is 14.7 Å². The molecule has 12 heteroatoms. The number of carbonyl (C=O) groups is 2. The molecule has 12 nitrogen and oxygen atoms in total. The Bertz CT molecular complexity index is 1940. The summed E-state index contributed by atoms with van der Waals surface area (Å²) in [4.78, 5) is 25.4. The molecule has 1 aromatic heterocycles. The molecule has 5 atom stereocenters. The van der Waals surface area contributed by atoms with Crippen LogP contribution in [0.25, 0.3) is 6.08 Å². The van der Waals surface area contributed by atoms with Gasteiger partial charge in [0.2, 0.25) is 11.7 Å². The number of quaternary nitrogens is 1. The van der Waals surface area contributed by atoms with E-state index < -0.39 is 0 Å². The number of hydrazone groups is 1. The van der Waals surface area contributed by atoms with E-state index in [1.165, 1.54) is 71.7 Å². The summed E-state index contributed by atoms with van der Waals surface area (Å²) in [5, 5.41) is 26.2. The van der Waals surface area contributed by atoms with Crippen molar-refractivity contribution in [3.05, 3.63) is 82.7 Å². The Morgan fingerprint density at radius 3 is 2.45 bits per heavy atom. The number of hydrogen-bond donors (Lipinski definition) is 3. The van der Waals surface area contributed by atoms with Crippen molar-refractivity contribution in [2.75, 3.05) is 34.9 Å². The summed E-state index contributed by atoms with van der Waals surface area (Å²) in [6.07, 6.45) is 19.9. The van der Waals surface area contributed by atoms with Crippen LogP contribution in [-0.2, 0) is 24.4 Å². The molecule has 0 aliphatic heterocycles. The predicted octanol–water partition coefficient (Wildman–Crippen LogP) is 7.68. The molecular weight excluding hydrogens is 731 g/mol. The summed E-state index contributed by atoms with van der Waals surface area (Å²) >= 11 is 0. The van der Waals surface area contributed by atoms with Crippen LogP contribution >= 0.6 is 0 Å². The van der Waals surface area contributed by atoms with Gasteiger partial charge in [0.05, 0.1) is 40.2 Å². The van der Waals surface area contributed by atoms with E-state index in [1.807, 2.05) is 44.3 Å². The van der Waals surface area contributed by atoms with Crippen molar-refractivity contribution in [3.8, 4) is 17.2 Å². The largest absolute Gasteiger partial charge is 0.502 e. The van der Waals surface area contributed by atoms with Gasteiger partial charge in [-0.1, -0.05) is 49.6 Å². The third-order valence-electron chi connectivity index (χ3n) is 12.6. The standard InChI is InChI=1S/C44H57N7O5.C2H6/c1-51(2,28-35-26-50(49-47-35)22-6-21-45-42(52)20-11-30-23-40(55-3)43(53)41(24-30)56-4)27-29-9-12-32(13-10-29)44(54)48-46-34-16-19-37-33(25-34)15-18-38-36-8-5-7-31(36)14-17-39(37)38;1-2/h9-13,20,23-26,31,36-39H,5-8,14-19,21-22,27-28H2,1-4H3,(H2-,45,48,52,53,54);1-2H3/p+1. The van der Waals surface area contributed by atoms with Gasteiger partial charge in [-0.3, -0.25) is 14.3 Å². The van der Waals surface area contributed by atoms with E-state index in [4.69, 9.17) is 9.47 Å². The maximum Gasteiger partial charge on any atom is 0.271 e. The minimum Gasteiger partial charge on any atom is -0.502 e. The van der Waals surface area contributed by atoms with Gasteiger partial charge in [-0.05, 0) is 123 Å². The van der Waals surface area contributed by atoms with Crippen molar-refractivity contribution < 1.29 is 28.7 Å². The zero-order valence-corrected chi connectivity index (χ0v) is 35.4. The normalized spacial score (nSPS) is 23.2. The SMILES string of the molecule is CC.COc1cc(/C=C/C(=O)NCCCn2cc(C[N+](C)(C)Cc3ccc(C(=O)NN=C4C=C5CCC6C7CCCC7CCC6C5CC4)cc3)nn2)cc(OC)c1O. The Morgan fingerprint density at radius 2 is 1.71 bits per heavy atom. The number of aromatic hydroxyl groups is 1. The average Bonchev–Trinajstić information content (AvgIpc) is 3.91. The third kappa shape index (κ3) is 10.6. The summed E-state index contributed by atoms with van der Waals surface area (Å²) in [7, 11) is 7.21. The molecule has 0 spiro atoms. The van der Waals surface area contributed by atoms with Gasteiger partial charge in [-0.25, -0.2) is 5.43 Å². The average molecular weight is 795 g/mol. The highest BCUT2D eigenvalue weighted by Gasteiger charge is 2.47. The first kappa shape index (κ1) is 42.6. The lowest BCUT2D eigenvalue weighted by atomic mass is 9.56. The first-order chi connectivity index (χ1) is 28.1. The molecule has 4 aliphatic rings. The number of aryl methyl sites for hydroxylation is 1. The first-order valence-electron chi connectivity index (χ1n) is 21.4. The number of benzene rings is 2. The van der Waals surface area contributed by atoms with Crippen LogP contribution in [0.15, 0.2) is 65.4 Å². The van der Waals surface area contributed by atoms with Gasteiger partial charge >= 0.3 is 0 Å². The molecule has 3 aromatic rings. The monoisotopic (exact) mass is 794 g/mol. The highest BCUT2D eigenvalue weighted by atomic mass is 16.5. The number of rotatable bonds is 14. The lowest BCUT2D eigenvalue weighted by Crippen LogP contribution is -2.41. The maximum atomic E-state index is 13.1. The number of aromatic nitrogens is 3. The van der Waals surface area contributed by atoms with Crippen LogP contribution in [0.2, 0.25) is 0 Å². The van der Waals surface area contributed by atoms with E-state index in [-0.39, 0.29) is 29.1 Å². The zero-order valence-electron chi connectivity index (χ0n) is 35.4. The fourth-order valence-corrected chi connectivity index (χ4v) is 10.1. The van der Waals surface area contributed by atoms with Gasteiger partial charge in [-0.2, -0.15) is 5.10 Å². The van der Waals surface area contributed by atoms with E-state index >= 15 is 0 Å². The molecular formula is C46H64N7O5+. The number of hydrogen-bond acceptors (Lipinski definition) is 8. The summed E-state index contributed by atoms with van der Waals surface area (Å²) in [6.45, 7) is 6.54. The second-order valence-electron chi connectivity index (χ2n) is 16.9. The molecule has 3 fully saturated rings. The molecule has 0 radical (unpaired) electrons. The Hall–Kier alpha value is -4.97. The van der Waals surface area contributed by atoms with Crippen LogP contribution in [0.1, 0.15) is 105 Å². The Labute approximate surface area is 344 Å². The molecule has 2 aromatic carbocycles. The quantitative estimate of drug-likeness (QED) is 0.0659. The fraction of sp³-hybridized carbons (Fsp3) is 0.543. The van der Waals surface area contributed by atoms with Gasteiger partial charge in [0, 0.05) is 30.3 Å². The van der Waals surface area contributed by atoms with Crippen LogP contribution < -0.4 is 20.2 Å². The van der Waals surface area contributed by atoms with Crippen LogP contribution in [0.4, 0.5) is 0 Å². The molecule has 3 saturated carbocycles. The molecule has 7 rings (SSSR count). The number of fused-ring (bicyclic) bond motifs is 5. The van der Waals surface area contributed by atoms with Gasteiger partial charge in [0.1, 0.15) is 18.8 Å². The number of nitrogens with one attached hydrogen (secondary N) is 2. The Balaban J connectivity index is 0.00000279. The lowest BCUT2D eigenvalue weighted by Gasteiger charge is -2.49. The summed E-state index contributed by atoms with van der Waals surface area (Å²) < 4.78 is 12.8. The van der Waals surface area contributed by atoms with Crippen LogP contribution in [0, 0.1) is 29.6 Å². The number of phenolic OH excluding ortho intramolecular Hbond substituents is 1. The van der Waals surface area contributed by atoms with Crippen molar-refractivity contribution >= 4 is 23.6 Å². The molecule has 0 saturated heterocycles. The van der Waals surface area contributed by atoms with E-state index in [0.717, 1.165) is 59.5 Å².